The molecule has 0 bridgehead atoms. The zero-order valence-electron chi connectivity index (χ0n) is 11.3. The minimum absolute atomic E-state index is 0.201. The SMILES string of the molecule is C=CCC(C)O[Si](c1ccccc1)c1ccccc1. The van der Waals surface area contributed by atoms with Crippen molar-refractivity contribution in [3.05, 3.63) is 73.3 Å². The summed E-state index contributed by atoms with van der Waals surface area (Å²) >= 11 is 0. The van der Waals surface area contributed by atoms with E-state index in [0.29, 0.717) is 0 Å². The van der Waals surface area contributed by atoms with Gasteiger partial charge >= 0.3 is 0 Å². The van der Waals surface area contributed by atoms with E-state index in [4.69, 9.17) is 4.43 Å². The van der Waals surface area contributed by atoms with Gasteiger partial charge in [0.25, 0.3) is 9.04 Å². The van der Waals surface area contributed by atoms with E-state index in [0.717, 1.165) is 6.42 Å². The summed E-state index contributed by atoms with van der Waals surface area (Å²) in [5.41, 5.74) is 0. The highest BCUT2D eigenvalue weighted by Gasteiger charge is 2.20. The fraction of sp³-hybridized carbons (Fsp3) is 0.176. The molecule has 0 saturated carbocycles. The molecule has 1 atom stereocenters. The van der Waals surface area contributed by atoms with Gasteiger partial charge < -0.3 is 4.43 Å². The van der Waals surface area contributed by atoms with E-state index in [9.17, 15) is 0 Å². The second-order valence-electron chi connectivity index (χ2n) is 4.51. The first-order valence-electron chi connectivity index (χ1n) is 6.56. The molecule has 97 valence electrons. The molecule has 0 fully saturated rings. The van der Waals surface area contributed by atoms with Gasteiger partial charge in [-0.2, -0.15) is 0 Å². The molecule has 0 aliphatic heterocycles. The molecule has 1 nitrogen and oxygen atoms in total. The Morgan fingerprint density at radius 1 is 1.00 bits per heavy atom. The van der Waals surface area contributed by atoms with Gasteiger partial charge in [-0.1, -0.05) is 66.7 Å². The van der Waals surface area contributed by atoms with Crippen LogP contribution in [-0.4, -0.2) is 15.1 Å². The van der Waals surface area contributed by atoms with Crippen molar-refractivity contribution in [2.75, 3.05) is 0 Å². The number of hydrogen-bond donors (Lipinski definition) is 0. The van der Waals surface area contributed by atoms with E-state index in [-0.39, 0.29) is 6.10 Å². The quantitative estimate of drug-likeness (QED) is 0.578. The number of rotatable bonds is 6. The van der Waals surface area contributed by atoms with Gasteiger partial charge in [-0.05, 0) is 23.7 Å². The van der Waals surface area contributed by atoms with Gasteiger partial charge in [0, 0.05) is 6.10 Å². The third-order valence-electron chi connectivity index (χ3n) is 2.89. The van der Waals surface area contributed by atoms with Gasteiger partial charge in [0.1, 0.15) is 0 Å². The molecule has 0 spiro atoms. The van der Waals surface area contributed by atoms with Crippen LogP contribution in [0.15, 0.2) is 73.3 Å². The molecule has 2 rings (SSSR count). The largest absolute Gasteiger partial charge is 0.404 e. The fourth-order valence-electron chi connectivity index (χ4n) is 1.97. The van der Waals surface area contributed by atoms with Gasteiger partial charge in [-0.25, -0.2) is 0 Å². The second kappa shape index (κ2) is 7.07. The van der Waals surface area contributed by atoms with Crippen LogP contribution in [0.3, 0.4) is 0 Å². The smallest absolute Gasteiger partial charge is 0.283 e. The molecule has 0 aliphatic rings. The first kappa shape index (κ1) is 13.8. The highest BCUT2D eigenvalue weighted by atomic mass is 28.3. The molecule has 0 saturated heterocycles. The molecule has 0 heterocycles. The van der Waals surface area contributed by atoms with E-state index < -0.39 is 9.04 Å². The van der Waals surface area contributed by atoms with Crippen LogP contribution in [0, 0.1) is 0 Å². The first-order valence-corrected chi connectivity index (χ1v) is 7.97. The Hall–Kier alpha value is -1.64. The Labute approximate surface area is 117 Å². The van der Waals surface area contributed by atoms with Crippen molar-refractivity contribution in [2.24, 2.45) is 0 Å². The molecular weight excluding hydrogens is 248 g/mol. The monoisotopic (exact) mass is 267 g/mol. The molecule has 1 unspecified atom stereocenters. The summed E-state index contributed by atoms with van der Waals surface area (Å²) in [5.74, 6) is 0. The summed E-state index contributed by atoms with van der Waals surface area (Å²) in [6.07, 6.45) is 3.00. The first-order chi connectivity index (χ1) is 9.31. The molecular formula is C17H19OSi. The third-order valence-corrected chi connectivity index (χ3v) is 5.24. The normalized spacial score (nSPS) is 12.3. The van der Waals surface area contributed by atoms with Crippen molar-refractivity contribution in [3.63, 3.8) is 0 Å². The lowest BCUT2D eigenvalue weighted by Gasteiger charge is -2.20. The van der Waals surface area contributed by atoms with Crippen molar-refractivity contribution in [1.82, 2.24) is 0 Å². The Morgan fingerprint density at radius 3 is 1.89 bits per heavy atom. The summed E-state index contributed by atoms with van der Waals surface area (Å²) in [6.45, 7) is 5.89. The average Bonchev–Trinajstić information content (AvgIpc) is 2.47. The molecule has 0 aromatic heterocycles. The van der Waals surface area contributed by atoms with E-state index in [1.807, 2.05) is 18.2 Å². The Balaban J connectivity index is 2.26. The lowest BCUT2D eigenvalue weighted by atomic mass is 10.3. The van der Waals surface area contributed by atoms with Crippen molar-refractivity contribution < 1.29 is 4.43 Å². The highest BCUT2D eigenvalue weighted by molar-refractivity contribution is 6.80. The fourth-order valence-corrected chi connectivity index (χ4v) is 4.06. The van der Waals surface area contributed by atoms with Gasteiger partial charge in [-0.15, -0.1) is 6.58 Å². The van der Waals surface area contributed by atoms with Crippen LogP contribution in [0.5, 0.6) is 0 Å². The zero-order chi connectivity index (χ0) is 13.5. The Morgan fingerprint density at radius 2 is 1.47 bits per heavy atom. The maximum absolute atomic E-state index is 6.29. The van der Waals surface area contributed by atoms with Gasteiger partial charge in [0.2, 0.25) is 0 Å². The molecule has 1 radical (unpaired) electrons. The van der Waals surface area contributed by atoms with Gasteiger partial charge in [-0.3, -0.25) is 0 Å². The van der Waals surface area contributed by atoms with Crippen LogP contribution in [-0.2, 0) is 4.43 Å². The van der Waals surface area contributed by atoms with E-state index in [2.05, 4.69) is 62.0 Å². The highest BCUT2D eigenvalue weighted by Crippen LogP contribution is 2.02. The molecule has 19 heavy (non-hydrogen) atoms. The van der Waals surface area contributed by atoms with E-state index >= 15 is 0 Å². The van der Waals surface area contributed by atoms with Crippen molar-refractivity contribution in [1.29, 1.82) is 0 Å². The minimum Gasteiger partial charge on any atom is -0.404 e. The molecule has 2 aromatic carbocycles. The van der Waals surface area contributed by atoms with Crippen LogP contribution in [0.25, 0.3) is 0 Å². The van der Waals surface area contributed by atoms with Crippen LogP contribution in [0.4, 0.5) is 0 Å². The van der Waals surface area contributed by atoms with Crippen LogP contribution in [0.1, 0.15) is 13.3 Å². The van der Waals surface area contributed by atoms with Crippen molar-refractivity contribution >= 4 is 19.4 Å². The standard InChI is InChI=1S/C17H19OSi/c1-3-10-15(2)18-19(16-11-6-4-7-12-16)17-13-8-5-9-14-17/h3-9,11-15H,1,10H2,2H3. The average molecular weight is 267 g/mol. The van der Waals surface area contributed by atoms with Crippen molar-refractivity contribution in [3.8, 4) is 0 Å². The lowest BCUT2D eigenvalue weighted by Crippen LogP contribution is -2.46. The predicted molar refractivity (Wildman–Crippen MR) is 83.3 cm³/mol. The summed E-state index contributed by atoms with van der Waals surface area (Å²) in [6, 6.07) is 21.0. The summed E-state index contributed by atoms with van der Waals surface area (Å²) in [7, 11) is -1.17. The van der Waals surface area contributed by atoms with Gasteiger partial charge in [0.15, 0.2) is 0 Å². The van der Waals surface area contributed by atoms with Gasteiger partial charge in [0.05, 0.1) is 0 Å². The molecule has 2 heteroatoms. The maximum atomic E-state index is 6.29. The molecule has 0 amide bonds. The van der Waals surface area contributed by atoms with Crippen LogP contribution >= 0.6 is 0 Å². The summed E-state index contributed by atoms with van der Waals surface area (Å²) < 4.78 is 6.29. The van der Waals surface area contributed by atoms with E-state index in [1.165, 1.54) is 10.4 Å². The molecule has 0 N–H and O–H groups in total. The Bertz CT molecular complexity index is 456. The molecule has 0 aliphatic carbocycles. The summed E-state index contributed by atoms with van der Waals surface area (Å²) in [5, 5.41) is 2.57. The lowest BCUT2D eigenvalue weighted by molar-refractivity contribution is 0.235. The zero-order valence-corrected chi connectivity index (χ0v) is 12.3. The van der Waals surface area contributed by atoms with Crippen LogP contribution < -0.4 is 10.4 Å². The minimum atomic E-state index is -1.17. The second-order valence-corrected chi connectivity index (χ2v) is 6.56. The maximum Gasteiger partial charge on any atom is 0.283 e. The van der Waals surface area contributed by atoms with Crippen LogP contribution in [0.2, 0.25) is 0 Å². The topological polar surface area (TPSA) is 9.23 Å². The van der Waals surface area contributed by atoms with Crippen molar-refractivity contribution in [2.45, 2.75) is 19.4 Å². The number of benzene rings is 2. The number of hydrogen-bond acceptors (Lipinski definition) is 1. The summed E-state index contributed by atoms with van der Waals surface area (Å²) in [4.78, 5) is 0. The third kappa shape index (κ3) is 3.91. The Kier molecular flexibility index (Phi) is 5.13. The molecule has 2 aromatic rings. The predicted octanol–water partition coefficient (Wildman–Crippen LogP) is 2.77. The van der Waals surface area contributed by atoms with E-state index in [1.54, 1.807) is 0 Å².